The molecule has 1 aromatic rings. The van der Waals surface area contributed by atoms with Gasteiger partial charge in [-0.25, -0.2) is 0 Å². The summed E-state index contributed by atoms with van der Waals surface area (Å²) in [6.45, 7) is 6.02. The van der Waals surface area contributed by atoms with E-state index in [0.717, 1.165) is 26.2 Å². The van der Waals surface area contributed by atoms with Crippen molar-refractivity contribution in [2.45, 2.75) is 13.2 Å². The van der Waals surface area contributed by atoms with Gasteiger partial charge in [-0.15, -0.1) is 0 Å². The summed E-state index contributed by atoms with van der Waals surface area (Å²) in [4.78, 5) is 2.29. The number of nitrogens with one attached hydrogen (secondary N) is 1. The molecule has 1 aliphatic rings. The van der Waals surface area contributed by atoms with Crippen LogP contribution < -0.4 is 19.5 Å². The van der Waals surface area contributed by atoms with Crippen LogP contribution in [0.2, 0.25) is 0 Å². The van der Waals surface area contributed by atoms with Crippen molar-refractivity contribution in [3.05, 3.63) is 18.2 Å². The van der Waals surface area contributed by atoms with Crippen LogP contribution in [0, 0.1) is 0 Å². The van der Waals surface area contributed by atoms with Gasteiger partial charge in [0.2, 0.25) is 5.75 Å². The number of ether oxygens (including phenoxy) is 3. The van der Waals surface area contributed by atoms with Crippen molar-refractivity contribution < 1.29 is 14.2 Å². The maximum Gasteiger partial charge on any atom is 0.205 e. The van der Waals surface area contributed by atoms with E-state index >= 15 is 0 Å². The Bertz CT molecular complexity index is 383. The lowest BCUT2D eigenvalue weighted by Gasteiger charge is -2.33. The molecule has 0 radical (unpaired) electrons. The molecule has 0 aromatic heterocycles. The maximum absolute atomic E-state index is 6.05. The van der Waals surface area contributed by atoms with E-state index in [4.69, 9.17) is 14.2 Å². The Hall–Kier alpha value is -1.46. The van der Waals surface area contributed by atoms with Crippen molar-refractivity contribution >= 4 is 0 Å². The van der Waals surface area contributed by atoms with E-state index in [-0.39, 0.29) is 6.23 Å². The van der Waals surface area contributed by atoms with E-state index in [1.54, 1.807) is 14.2 Å². The Balaban J connectivity index is 2.12. The van der Waals surface area contributed by atoms with Crippen LogP contribution in [0.25, 0.3) is 0 Å². The van der Waals surface area contributed by atoms with Crippen LogP contribution in [-0.2, 0) is 0 Å². The number of benzene rings is 1. The zero-order valence-electron chi connectivity index (χ0n) is 11.8. The monoisotopic (exact) mass is 266 g/mol. The van der Waals surface area contributed by atoms with Crippen LogP contribution in [0.1, 0.15) is 6.92 Å². The third kappa shape index (κ3) is 3.30. The van der Waals surface area contributed by atoms with E-state index in [1.807, 2.05) is 18.2 Å². The number of piperazine rings is 1. The first-order valence-corrected chi connectivity index (χ1v) is 6.58. The van der Waals surface area contributed by atoms with Gasteiger partial charge in [0, 0.05) is 26.2 Å². The molecule has 1 aliphatic heterocycles. The smallest absolute Gasteiger partial charge is 0.205 e. The minimum absolute atomic E-state index is 0.00713. The first-order chi connectivity index (χ1) is 9.26. The lowest BCUT2D eigenvalue weighted by molar-refractivity contribution is 0.0274. The standard InChI is InChI=1S/C14H22N2O3/c1-11(16-9-7-15-8-10-16)19-14-12(17-2)5-4-6-13(14)18-3/h4-6,11,15H,7-10H2,1-3H3. The summed E-state index contributed by atoms with van der Waals surface area (Å²) in [5.41, 5.74) is 0. The molecule has 5 nitrogen and oxygen atoms in total. The average Bonchev–Trinajstić information content (AvgIpc) is 2.48. The number of rotatable bonds is 5. The van der Waals surface area contributed by atoms with Crippen molar-refractivity contribution in [1.29, 1.82) is 0 Å². The molecule has 0 bridgehead atoms. The molecule has 19 heavy (non-hydrogen) atoms. The predicted octanol–water partition coefficient (Wildman–Crippen LogP) is 1.33. The quantitative estimate of drug-likeness (QED) is 0.871. The molecule has 0 aliphatic carbocycles. The molecule has 1 atom stereocenters. The summed E-state index contributed by atoms with van der Waals surface area (Å²) in [5.74, 6) is 2.06. The van der Waals surface area contributed by atoms with E-state index in [2.05, 4.69) is 17.1 Å². The summed E-state index contributed by atoms with van der Waals surface area (Å²) in [7, 11) is 3.27. The minimum atomic E-state index is -0.00713. The molecule has 5 heteroatoms. The summed E-state index contributed by atoms with van der Waals surface area (Å²) in [5, 5.41) is 3.33. The summed E-state index contributed by atoms with van der Waals surface area (Å²) >= 11 is 0. The molecular formula is C14H22N2O3. The SMILES string of the molecule is COc1cccc(OC)c1OC(C)N1CCNCC1. The van der Waals surface area contributed by atoms with Gasteiger partial charge in [0.05, 0.1) is 14.2 Å². The first kappa shape index (κ1) is 14.0. The second-order valence-electron chi connectivity index (χ2n) is 4.49. The van der Waals surface area contributed by atoms with Crippen molar-refractivity contribution in [2.75, 3.05) is 40.4 Å². The molecule has 0 saturated carbocycles. The summed E-state index contributed by atoms with van der Waals surface area (Å²) < 4.78 is 16.7. The van der Waals surface area contributed by atoms with Gasteiger partial charge in [-0.2, -0.15) is 0 Å². The number of methoxy groups -OCH3 is 2. The molecule has 1 N–H and O–H groups in total. The fourth-order valence-corrected chi connectivity index (χ4v) is 2.22. The molecule has 2 rings (SSSR count). The van der Waals surface area contributed by atoms with Gasteiger partial charge in [0.25, 0.3) is 0 Å². The number of hydrogen-bond donors (Lipinski definition) is 1. The van der Waals surface area contributed by atoms with E-state index < -0.39 is 0 Å². The van der Waals surface area contributed by atoms with Gasteiger partial charge in [0.1, 0.15) is 6.23 Å². The average molecular weight is 266 g/mol. The highest BCUT2D eigenvalue weighted by molar-refractivity contribution is 5.51. The van der Waals surface area contributed by atoms with Crippen LogP contribution >= 0.6 is 0 Å². The molecule has 1 unspecified atom stereocenters. The maximum atomic E-state index is 6.05. The fraction of sp³-hybridized carbons (Fsp3) is 0.571. The normalized spacial score (nSPS) is 17.8. The van der Waals surface area contributed by atoms with Gasteiger partial charge in [-0.3, -0.25) is 4.90 Å². The number of para-hydroxylation sites is 1. The number of hydrogen-bond acceptors (Lipinski definition) is 5. The second kappa shape index (κ2) is 6.63. The minimum Gasteiger partial charge on any atom is -0.493 e. The van der Waals surface area contributed by atoms with Crippen molar-refractivity contribution in [1.82, 2.24) is 10.2 Å². The Morgan fingerprint density at radius 3 is 2.21 bits per heavy atom. The highest BCUT2D eigenvalue weighted by atomic mass is 16.5. The van der Waals surface area contributed by atoms with Crippen molar-refractivity contribution in [2.24, 2.45) is 0 Å². The molecule has 1 aromatic carbocycles. The Morgan fingerprint density at radius 2 is 1.68 bits per heavy atom. The molecule has 0 spiro atoms. The van der Waals surface area contributed by atoms with Crippen LogP contribution in [0.15, 0.2) is 18.2 Å². The first-order valence-electron chi connectivity index (χ1n) is 6.58. The topological polar surface area (TPSA) is 43.0 Å². The molecule has 1 saturated heterocycles. The molecule has 1 heterocycles. The van der Waals surface area contributed by atoms with Crippen LogP contribution in [-0.4, -0.2) is 51.5 Å². The van der Waals surface area contributed by atoms with Gasteiger partial charge in [-0.1, -0.05) is 6.07 Å². The number of nitrogens with zero attached hydrogens (tertiary/aromatic N) is 1. The summed E-state index contributed by atoms with van der Waals surface area (Å²) in [6, 6.07) is 5.64. The highest BCUT2D eigenvalue weighted by Crippen LogP contribution is 2.37. The predicted molar refractivity (Wildman–Crippen MR) is 74.1 cm³/mol. The van der Waals surface area contributed by atoms with Gasteiger partial charge < -0.3 is 19.5 Å². The lowest BCUT2D eigenvalue weighted by atomic mass is 10.3. The third-order valence-corrected chi connectivity index (χ3v) is 3.34. The second-order valence-corrected chi connectivity index (χ2v) is 4.49. The molecular weight excluding hydrogens is 244 g/mol. The largest absolute Gasteiger partial charge is 0.493 e. The summed E-state index contributed by atoms with van der Waals surface area (Å²) in [6.07, 6.45) is -0.00713. The van der Waals surface area contributed by atoms with Crippen LogP contribution in [0.3, 0.4) is 0 Å². The van der Waals surface area contributed by atoms with Crippen molar-refractivity contribution in [3.63, 3.8) is 0 Å². The molecule has 1 fully saturated rings. The molecule has 0 amide bonds. The molecule has 106 valence electrons. The lowest BCUT2D eigenvalue weighted by Crippen LogP contribution is -2.49. The Labute approximate surface area is 114 Å². The van der Waals surface area contributed by atoms with Crippen LogP contribution in [0.5, 0.6) is 17.2 Å². The highest BCUT2D eigenvalue weighted by Gasteiger charge is 2.21. The zero-order chi connectivity index (χ0) is 13.7. The zero-order valence-corrected chi connectivity index (χ0v) is 11.8. The fourth-order valence-electron chi connectivity index (χ4n) is 2.22. The van der Waals surface area contributed by atoms with E-state index in [1.165, 1.54) is 0 Å². The van der Waals surface area contributed by atoms with Gasteiger partial charge in [0.15, 0.2) is 11.5 Å². The van der Waals surface area contributed by atoms with E-state index in [9.17, 15) is 0 Å². The van der Waals surface area contributed by atoms with Crippen LogP contribution in [0.4, 0.5) is 0 Å². The van der Waals surface area contributed by atoms with E-state index in [0.29, 0.717) is 17.2 Å². The van der Waals surface area contributed by atoms with Gasteiger partial charge in [-0.05, 0) is 19.1 Å². The Kier molecular flexibility index (Phi) is 4.87. The van der Waals surface area contributed by atoms with Gasteiger partial charge >= 0.3 is 0 Å². The Morgan fingerprint density at radius 1 is 1.11 bits per heavy atom. The third-order valence-electron chi connectivity index (χ3n) is 3.34. The van der Waals surface area contributed by atoms with Crippen molar-refractivity contribution in [3.8, 4) is 17.2 Å².